The van der Waals surface area contributed by atoms with E-state index in [0.717, 1.165) is 29.1 Å². The number of benzene rings is 2. The minimum absolute atomic E-state index is 0.100. The third-order valence-corrected chi connectivity index (χ3v) is 7.70. The number of aryl methyl sites for hydroxylation is 1. The summed E-state index contributed by atoms with van der Waals surface area (Å²) in [6.45, 7) is 6.49. The Kier molecular flexibility index (Phi) is 10.3. The van der Waals surface area contributed by atoms with Crippen molar-refractivity contribution in [1.82, 2.24) is 14.7 Å². The minimum atomic E-state index is -0.379. The number of para-hydroxylation sites is 2. The second-order valence-corrected chi connectivity index (χ2v) is 10.4. The van der Waals surface area contributed by atoms with E-state index in [9.17, 15) is 14.0 Å². The number of anilines is 1. The normalized spacial score (nSPS) is 13.6. The quantitative estimate of drug-likeness (QED) is 0.375. The summed E-state index contributed by atoms with van der Waals surface area (Å²) < 4.78 is 24.4. The number of rotatable bonds is 11. The molecule has 1 saturated heterocycles. The highest BCUT2D eigenvalue weighted by molar-refractivity contribution is 7.10. The Hall–Kier alpha value is -3.47. The third kappa shape index (κ3) is 8.26. The maximum absolute atomic E-state index is 13.8. The largest absolute Gasteiger partial charge is 0.495 e. The van der Waals surface area contributed by atoms with Crippen LogP contribution in [0.15, 0.2) is 60.0 Å². The molecule has 1 fully saturated rings. The summed E-state index contributed by atoms with van der Waals surface area (Å²) in [6.07, 6.45) is 0. The predicted octanol–water partition coefficient (Wildman–Crippen LogP) is 4.60. The fourth-order valence-electron chi connectivity index (χ4n) is 4.33. The summed E-state index contributed by atoms with van der Waals surface area (Å²) in [7, 11) is 1.55. The molecule has 0 saturated carbocycles. The first kappa shape index (κ1) is 28.5. The Morgan fingerprint density at radius 2 is 1.79 bits per heavy atom. The number of thiophene rings is 1. The molecular formula is C29H35FN4O4S. The van der Waals surface area contributed by atoms with E-state index in [-0.39, 0.29) is 24.3 Å². The van der Waals surface area contributed by atoms with Crippen LogP contribution in [0.3, 0.4) is 0 Å². The van der Waals surface area contributed by atoms with E-state index >= 15 is 0 Å². The van der Waals surface area contributed by atoms with Crippen molar-refractivity contribution in [3.05, 3.63) is 81.8 Å². The maximum atomic E-state index is 13.8. The summed E-state index contributed by atoms with van der Waals surface area (Å²) >= 11 is 1.59. The number of carbonyl (C=O) groups excluding carboxylic acids is 2. The number of nitrogens with one attached hydrogen (secondary N) is 1. The number of nitrogens with zero attached hydrogens (tertiary/aromatic N) is 3. The van der Waals surface area contributed by atoms with Crippen LogP contribution in [0.25, 0.3) is 0 Å². The topological polar surface area (TPSA) is 74.4 Å². The van der Waals surface area contributed by atoms with Crippen LogP contribution in [-0.2, 0) is 22.6 Å². The van der Waals surface area contributed by atoms with Crippen LogP contribution >= 0.6 is 11.3 Å². The van der Waals surface area contributed by atoms with Crippen molar-refractivity contribution in [3.8, 4) is 5.75 Å². The highest BCUT2D eigenvalue weighted by Gasteiger charge is 2.24. The summed E-state index contributed by atoms with van der Waals surface area (Å²) in [5, 5.41) is 4.91. The number of carbonyl (C=O) groups is 2. The molecule has 1 N–H and O–H groups in total. The molecule has 0 bridgehead atoms. The SMILES string of the molecule is COc1ccccc1NC(=O)N(CCN1CCOCC1)CC(=O)N(Cc1ccc(F)cc1)Cc1sccc1C. The van der Waals surface area contributed by atoms with Gasteiger partial charge in [-0.2, -0.15) is 0 Å². The number of morpholine rings is 1. The van der Waals surface area contributed by atoms with Gasteiger partial charge < -0.3 is 24.6 Å². The van der Waals surface area contributed by atoms with Gasteiger partial charge in [0.15, 0.2) is 0 Å². The Morgan fingerprint density at radius 3 is 2.49 bits per heavy atom. The third-order valence-electron chi connectivity index (χ3n) is 6.69. The van der Waals surface area contributed by atoms with Crippen LogP contribution in [0, 0.1) is 12.7 Å². The molecule has 0 aliphatic carbocycles. The Morgan fingerprint density at radius 1 is 1.05 bits per heavy atom. The summed E-state index contributed by atoms with van der Waals surface area (Å²) in [5.41, 5.74) is 2.46. The van der Waals surface area contributed by atoms with Gasteiger partial charge in [-0.15, -0.1) is 11.3 Å². The van der Waals surface area contributed by atoms with E-state index in [1.165, 1.54) is 12.1 Å². The second-order valence-electron chi connectivity index (χ2n) is 9.41. The lowest BCUT2D eigenvalue weighted by atomic mass is 10.2. The van der Waals surface area contributed by atoms with Crippen LogP contribution in [0.1, 0.15) is 16.0 Å². The van der Waals surface area contributed by atoms with Gasteiger partial charge >= 0.3 is 6.03 Å². The lowest BCUT2D eigenvalue weighted by Gasteiger charge is -2.31. The smallest absolute Gasteiger partial charge is 0.322 e. The van der Waals surface area contributed by atoms with Crippen molar-refractivity contribution >= 4 is 29.0 Å². The number of ether oxygens (including phenoxy) is 2. The minimum Gasteiger partial charge on any atom is -0.495 e. The van der Waals surface area contributed by atoms with Crippen LogP contribution in [0.2, 0.25) is 0 Å². The van der Waals surface area contributed by atoms with Gasteiger partial charge in [0.25, 0.3) is 0 Å². The maximum Gasteiger partial charge on any atom is 0.322 e. The van der Waals surface area contributed by atoms with E-state index in [1.54, 1.807) is 52.5 Å². The lowest BCUT2D eigenvalue weighted by Crippen LogP contribution is -2.48. The van der Waals surface area contributed by atoms with Crippen molar-refractivity contribution in [2.24, 2.45) is 0 Å². The van der Waals surface area contributed by atoms with Crippen LogP contribution < -0.4 is 10.1 Å². The molecule has 0 unspecified atom stereocenters. The number of amides is 3. The molecule has 3 aromatic rings. The van der Waals surface area contributed by atoms with Gasteiger partial charge in [0.2, 0.25) is 5.91 Å². The van der Waals surface area contributed by atoms with Crippen molar-refractivity contribution < 1.29 is 23.5 Å². The molecule has 0 spiro atoms. The van der Waals surface area contributed by atoms with E-state index < -0.39 is 0 Å². The summed E-state index contributed by atoms with van der Waals surface area (Å²) in [6, 6.07) is 15.0. The number of urea groups is 1. The number of methoxy groups -OCH3 is 1. The molecule has 1 aliphatic heterocycles. The lowest BCUT2D eigenvalue weighted by molar-refractivity contribution is -0.133. The van der Waals surface area contributed by atoms with Gasteiger partial charge in [-0.25, -0.2) is 9.18 Å². The Labute approximate surface area is 232 Å². The molecule has 39 heavy (non-hydrogen) atoms. The molecule has 2 aromatic carbocycles. The average molecular weight is 555 g/mol. The fraction of sp³-hybridized carbons (Fsp3) is 0.379. The zero-order valence-corrected chi connectivity index (χ0v) is 23.2. The van der Waals surface area contributed by atoms with Crippen LogP contribution in [0.5, 0.6) is 5.75 Å². The first-order valence-corrected chi connectivity index (χ1v) is 13.8. The molecule has 1 aromatic heterocycles. The predicted molar refractivity (Wildman–Crippen MR) is 151 cm³/mol. The van der Waals surface area contributed by atoms with Gasteiger partial charge in [0.05, 0.1) is 32.6 Å². The average Bonchev–Trinajstić information content (AvgIpc) is 3.36. The van der Waals surface area contributed by atoms with E-state index in [1.807, 2.05) is 30.5 Å². The first-order valence-electron chi connectivity index (χ1n) is 13.0. The molecule has 208 valence electrons. The molecule has 10 heteroatoms. The first-order chi connectivity index (χ1) is 18.9. The molecule has 3 amide bonds. The molecule has 1 aliphatic rings. The van der Waals surface area contributed by atoms with Gasteiger partial charge in [-0.3, -0.25) is 9.69 Å². The van der Waals surface area contributed by atoms with Crippen molar-refractivity contribution in [2.75, 3.05) is 58.4 Å². The second kappa shape index (κ2) is 14.1. The molecule has 0 radical (unpaired) electrons. The molecule has 4 rings (SSSR count). The zero-order chi connectivity index (χ0) is 27.6. The molecule has 2 heterocycles. The molecular weight excluding hydrogens is 519 g/mol. The van der Waals surface area contributed by atoms with Gasteiger partial charge in [-0.05, 0) is 53.8 Å². The van der Waals surface area contributed by atoms with Gasteiger partial charge in [-0.1, -0.05) is 24.3 Å². The van der Waals surface area contributed by atoms with Gasteiger partial charge in [0, 0.05) is 37.6 Å². The van der Waals surface area contributed by atoms with Crippen molar-refractivity contribution in [2.45, 2.75) is 20.0 Å². The van der Waals surface area contributed by atoms with E-state index in [4.69, 9.17) is 9.47 Å². The number of halogens is 1. The van der Waals surface area contributed by atoms with Gasteiger partial charge in [0.1, 0.15) is 18.1 Å². The summed E-state index contributed by atoms with van der Waals surface area (Å²) in [5.74, 6) is 0.0220. The fourth-order valence-corrected chi connectivity index (χ4v) is 5.25. The number of hydrogen-bond donors (Lipinski definition) is 1. The number of hydrogen-bond acceptors (Lipinski definition) is 6. The van der Waals surface area contributed by atoms with Crippen LogP contribution in [0.4, 0.5) is 14.9 Å². The zero-order valence-electron chi connectivity index (χ0n) is 22.4. The highest BCUT2D eigenvalue weighted by atomic mass is 32.1. The Bertz CT molecular complexity index is 1230. The van der Waals surface area contributed by atoms with Crippen molar-refractivity contribution in [3.63, 3.8) is 0 Å². The standard InChI is InChI=1S/C29H35FN4O4S/c1-22-11-18-39-27(22)20-34(19-23-7-9-24(30)10-8-23)28(35)21-33(13-12-32-14-16-38-17-15-32)29(36)31-25-5-3-4-6-26(25)37-2/h3-11,18H,12-17,19-21H2,1-2H3,(H,31,36). The van der Waals surface area contributed by atoms with Crippen molar-refractivity contribution in [1.29, 1.82) is 0 Å². The molecule has 8 nitrogen and oxygen atoms in total. The monoisotopic (exact) mass is 554 g/mol. The highest BCUT2D eigenvalue weighted by Crippen LogP contribution is 2.24. The van der Waals surface area contributed by atoms with Crippen LogP contribution in [-0.4, -0.2) is 79.7 Å². The van der Waals surface area contributed by atoms with E-state index in [0.29, 0.717) is 50.8 Å². The molecule has 0 atom stereocenters. The summed E-state index contributed by atoms with van der Waals surface area (Å²) in [4.78, 5) is 33.8. The van der Waals surface area contributed by atoms with E-state index in [2.05, 4.69) is 10.2 Å². The Balaban J connectivity index is 1.52.